The van der Waals surface area contributed by atoms with Gasteiger partial charge in [0, 0.05) is 23.6 Å². The lowest BCUT2D eigenvalue weighted by atomic mass is 9.93. The lowest BCUT2D eigenvalue weighted by Gasteiger charge is -2.43. The highest BCUT2D eigenvalue weighted by Crippen LogP contribution is 2.36. The number of nitrogens with zero attached hydrogens (tertiary/aromatic N) is 4. The summed E-state index contributed by atoms with van der Waals surface area (Å²) in [5.74, 6) is 2.39. The van der Waals surface area contributed by atoms with Crippen LogP contribution in [0.2, 0.25) is 0 Å². The summed E-state index contributed by atoms with van der Waals surface area (Å²) in [5.41, 5.74) is 0.0162. The Kier molecular flexibility index (Phi) is 4.09. The van der Waals surface area contributed by atoms with Gasteiger partial charge in [0.1, 0.15) is 12.2 Å². The zero-order chi connectivity index (χ0) is 14.2. The maximum atomic E-state index is 4.52. The van der Waals surface area contributed by atoms with E-state index in [0.717, 1.165) is 23.7 Å². The van der Waals surface area contributed by atoms with Crippen molar-refractivity contribution in [3.8, 4) is 0 Å². The van der Waals surface area contributed by atoms with Gasteiger partial charge in [0.2, 0.25) is 0 Å². The van der Waals surface area contributed by atoms with E-state index in [4.69, 9.17) is 0 Å². The normalized spacial score (nSPS) is 28.4. The summed E-state index contributed by atoms with van der Waals surface area (Å²) in [5, 5.41) is 5.28. The number of thioether (sulfide) groups is 1. The molecular weight excluding hydrogens is 268 g/mol. The minimum atomic E-state index is 0.0162. The Morgan fingerprint density at radius 2 is 2.10 bits per heavy atom. The minimum absolute atomic E-state index is 0.0162. The molecule has 0 aromatic carbocycles. The van der Waals surface area contributed by atoms with E-state index >= 15 is 0 Å². The quantitative estimate of drug-likeness (QED) is 0.840. The van der Waals surface area contributed by atoms with E-state index in [1.807, 2.05) is 0 Å². The third-order valence-electron chi connectivity index (χ3n) is 4.45. The standard InChI is InChI=1S/C15H26N4S/c1-15(2,3)19-14(16-11-17-19)10-18-8-9-20-13-7-5-4-6-12(13)18/h11-13H,4-10H2,1-3H3/t12-,13+/m0/s1. The molecule has 20 heavy (non-hydrogen) atoms. The second kappa shape index (κ2) is 5.68. The third kappa shape index (κ3) is 2.89. The van der Waals surface area contributed by atoms with E-state index in [1.54, 1.807) is 6.33 Å². The molecule has 2 atom stereocenters. The van der Waals surface area contributed by atoms with Crippen LogP contribution in [0.25, 0.3) is 0 Å². The van der Waals surface area contributed by atoms with Crippen molar-refractivity contribution in [2.24, 2.45) is 0 Å². The molecule has 1 aromatic rings. The molecule has 1 saturated carbocycles. The van der Waals surface area contributed by atoms with Crippen molar-refractivity contribution < 1.29 is 0 Å². The van der Waals surface area contributed by atoms with Gasteiger partial charge in [-0.15, -0.1) is 0 Å². The summed E-state index contributed by atoms with van der Waals surface area (Å²) < 4.78 is 2.09. The zero-order valence-corrected chi connectivity index (χ0v) is 13.7. The molecule has 0 radical (unpaired) electrons. The van der Waals surface area contributed by atoms with Crippen LogP contribution < -0.4 is 0 Å². The zero-order valence-electron chi connectivity index (χ0n) is 12.9. The second-order valence-corrected chi connectivity index (χ2v) is 8.34. The Balaban J connectivity index is 1.75. The van der Waals surface area contributed by atoms with Gasteiger partial charge in [-0.05, 0) is 33.6 Å². The maximum Gasteiger partial charge on any atom is 0.141 e. The molecule has 5 heteroatoms. The average molecular weight is 294 g/mol. The Hall–Kier alpha value is -0.550. The molecule has 2 heterocycles. The SMILES string of the molecule is CC(C)(C)n1ncnc1CN1CCS[C@@H]2CCCC[C@@H]21. The van der Waals surface area contributed by atoms with Crippen LogP contribution in [0.5, 0.6) is 0 Å². The molecule has 112 valence electrons. The Bertz CT molecular complexity index is 449. The van der Waals surface area contributed by atoms with Gasteiger partial charge in [-0.2, -0.15) is 16.9 Å². The van der Waals surface area contributed by atoms with E-state index in [-0.39, 0.29) is 5.54 Å². The van der Waals surface area contributed by atoms with Crippen LogP contribution in [-0.2, 0) is 12.1 Å². The van der Waals surface area contributed by atoms with Crippen LogP contribution >= 0.6 is 11.8 Å². The summed E-state index contributed by atoms with van der Waals surface area (Å²) in [6, 6.07) is 0.757. The summed E-state index contributed by atoms with van der Waals surface area (Å²) in [4.78, 5) is 7.18. The fourth-order valence-electron chi connectivity index (χ4n) is 3.49. The van der Waals surface area contributed by atoms with Crippen molar-refractivity contribution in [1.29, 1.82) is 0 Å². The van der Waals surface area contributed by atoms with Gasteiger partial charge in [0.25, 0.3) is 0 Å². The smallest absolute Gasteiger partial charge is 0.141 e. The first-order valence-electron chi connectivity index (χ1n) is 7.81. The summed E-state index contributed by atoms with van der Waals surface area (Å²) >= 11 is 2.19. The number of hydrogen-bond acceptors (Lipinski definition) is 4. The Morgan fingerprint density at radius 3 is 2.90 bits per heavy atom. The van der Waals surface area contributed by atoms with Crippen LogP contribution in [0, 0.1) is 0 Å². The van der Waals surface area contributed by atoms with Crippen molar-refractivity contribution >= 4 is 11.8 Å². The highest BCUT2D eigenvalue weighted by atomic mass is 32.2. The largest absolute Gasteiger partial charge is 0.291 e. The topological polar surface area (TPSA) is 34.0 Å². The van der Waals surface area contributed by atoms with Crippen LogP contribution in [0.4, 0.5) is 0 Å². The molecule has 0 bridgehead atoms. The van der Waals surface area contributed by atoms with Crippen molar-refractivity contribution in [3.05, 3.63) is 12.2 Å². The van der Waals surface area contributed by atoms with E-state index < -0.39 is 0 Å². The predicted molar refractivity (Wildman–Crippen MR) is 83.9 cm³/mol. The highest BCUT2D eigenvalue weighted by molar-refractivity contribution is 8.00. The first-order valence-corrected chi connectivity index (χ1v) is 8.85. The van der Waals surface area contributed by atoms with Gasteiger partial charge in [0.15, 0.2) is 0 Å². The van der Waals surface area contributed by atoms with Gasteiger partial charge in [-0.25, -0.2) is 9.67 Å². The van der Waals surface area contributed by atoms with E-state index in [9.17, 15) is 0 Å². The molecule has 1 saturated heterocycles. The number of rotatable bonds is 2. The number of hydrogen-bond donors (Lipinski definition) is 0. The lowest BCUT2D eigenvalue weighted by molar-refractivity contribution is 0.146. The monoisotopic (exact) mass is 294 g/mol. The molecule has 0 N–H and O–H groups in total. The number of aromatic nitrogens is 3. The van der Waals surface area contributed by atoms with Gasteiger partial charge in [0.05, 0.1) is 12.1 Å². The van der Waals surface area contributed by atoms with Crippen LogP contribution in [0.3, 0.4) is 0 Å². The Labute approximate surface area is 126 Å². The molecule has 0 amide bonds. The van der Waals surface area contributed by atoms with Crippen molar-refractivity contribution in [2.75, 3.05) is 12.3 Å². The average Bonchev–Trinajstić information content (AvgIpc) is 2.87. The lowest BCUT2D eigenvalue weighted by Crippen LogP contribution is -2.49. The van der Waals surface area contributed by atoms with Gasteiger partial charge < -0.3 is 0 Å². The first kappa shape index (κ1) is 14.4. The van der Waals surface area contributed by atoms with Crippen LogP contribution in [0.15, 0.2) is 6.33 Å². The third-order valence-corrected chi connectivity index (χ3v) is 5.84. The second-order valence-electron chi connectivity index (χ2n) is 6.99. The molecule has 0 unspecified atom stereocenters. The van der Waals surface area contributed by atoms with Crippen molar-refractivity contribution in [2.45, 2.75) is 69.8 Å². The van der Waals surface area contributed by atoms with E-state index in [2.05, 4.69) is 52.2 Å². The maximum absolute atomic E-state index is 4.52. The molecule has 2 aliphatic rings. The van der Waals surface area contributed by atoms with Gasteiger partial charge in [-0.3, -0.25) is 4.90 Å². The molecule has 3 rings (SSSR count). The first-order chi connectivity index (χ1) is 9.55. The fraction of sp³-hybridized carbons (Fsp3) is 0.867. The van der Waals surface area contributed by atoms with E-state index in [0.29, 0.717) is 0 Å². The van der Waals surface area contributed by atoms with Crippen molar-refractivity contribution in [3.63, 3.8) is 0 Å². The fourth-order valence-corrected chi connectivity index (χ4v) is 4.99. The van der Waals surface area contributed by atoms with Crippen molar-refractivity contribution in [1.82, 2.24) is 19.7 Å². The van der Waals surface area contributed by atoms with Gasteiger partial charge in [-0.1, -0.05) is 12.8 Å². The van der Waals surface area contributed by atoms with Gasteiger partial charge >= 0.3 is 0 Å². The molecule has 4 nitrogen and oxygen atoms in total. The summed E-state index contributed by atoms with van der Waals surface area (Å²) in [6.07, 6.45) is 7.28. The summed E-state index contributed by atoms with van der Waals surface area (Å²) in [7, 11) is 0. The minimum Gasteiger partial charge on any atom is -0.291 e. The Morgan fingerprint density at radius 1 is 1.30 bits per heavy atom. The summed E-state index contributed by atoms with van der Waals surface area (Å²) in [6.45, 7) is 8.74. The molecule has 2 fully saturated rings. The predicted octanol–water partition coefficient (Wildman–Crippen LogP) is 2.89. The number of fused-ring (bicyclic) bond motifs is 1. The molecule has 0 spiro atoms. The van der Waals surface area contributed by atoms with Crippen LogP contribution in [0.1, 0.15) is 52.3 Å². The van der Waals surface area contributed by atoms with E-state index in [1.165, 1.54) is 38.0 Å². The highest BCUT2D eigenvalue weighted by Gasteiger charge is 2.34. The molecule has 1 aliphatic carbocycles. The molecule has 1 aliphatic heterocycles. The van der Waals surface area contributed by atoms with Crippen LogP contribution in [-0.4, -0.2) is 43.3 Å². The molecular formula is C15H26N4S. The molecule has 1 aromatic heterocycles.